The number of anilines is 1. The number of carbonyl (C=O) groups excluding carboxylic acids is 2. The number of hydrogen-bond donors (Lipinski definition) is 2. The molecule has 0 spiro atoms. The van der Waals surface area contributed by atoms with E-state index < -0.39 is 24.5 Å². The molecule has 0 aliphatic heterocycles. The number of alkyl halides is 3. The second-order valence-electron chi connectivity index (χ2n) is 6.36. The molecule has 0 bridgehead atoms. The summed E-state index contributed by atoms with van der Waals surface area (Å²) < 4.78 is 36.7. The average Bonchev–Trinajstić information content (AvgIpc) is 2.73. The first-order chi connectivity index (χ1) is 14.6. The predicted molar refractivity (Wildman–Crippen MR) is 112 cm³/mol. The number of nitrogens with zero attached hydrogens (tertiary/aromatic N) is 1. The fraction of sp³-hybridized carbons (Fsp3) is 0.0952. The van der Waals surface area contributed by atoms with Gasteiger partial charge in [0.05, 0.1) is 21.3 Å². The molecule has 10 heteroatoms. The van der Waals surface area contributed by atoms with E-state index in [4.69, 9.17) is 23.2 Å². The molecule has 1 aromatic heterocycles. The van der Waals surface area contributed by atoms with Crippen molar-refractivity contribution in [2.45, 2.75) is 6.18 Å². The quantitative estimate of drug-likeness (QED) is 0.512. The van der Waals surface area contributed by atoms with Gasteiger partial charge < -0.3 is 10.6 Å². The third-order valence-electron chi connectivity index (χ3n) is 4.09. The van der Waals surface area contributed by atoms with E-state index in [1.54, 1.807) is 47.9 Å². The molecule has 0 saturated carbocycles. The Morgan fingerprint density at radius 2 is 1.71 bits per heavy atom. The van der Waals surface area contributed by atoms with Crippen LogP contribution in [0.15, 0.2) is 60.8 Å². The van der Waals surface area contributed by atoms with Gasteiger partial charge in [-0.25, -0.2) is 0 Å². The number of halogens is 5. The molecule has 0 aliphatic carbocycles. The fourth-order valence-corrected chi connectivity index (χ4v) is 3.12. The molecule has 2 amide bonds. The fourth-order valence-electron chi connectivity index (χ4n) is 2.64. The molecule has 0 aliphatic rings. The Morgan fingerprint density at radius 1 is 0.935 bits per heavy atom. The van der Waals surface area contributed by atoms with Gasteiger partial charge in [-0.15, -0.1) is 0 Å². The van der Waals surface area contributed by atoms with E-state index in [-0.39, 0.29) is 16.1 Å². The summed E-state index contributed by atoms with van der Waals surface area (Å²) in [5.41, 5.74) is 1.61. The van der Waals surface area contributed by atoms with Crippen molar-refractivity contribution < 1.29 is 22.8 Å². The minimum Gasteiger partial charge on any atom is -0.343 e. The Morgan fingerprint density at radius 3 is 2.35 bits per heavy atom. The number of hydrogen-bond acceptors (Lipinski definition) is 3. The van der Waals surface area contributed by atoms with Crippen LogP contribution < -0.4 is 10.6 Å². The van der Waals surface area contributed by atoms with E-state index in [0.717, 1.165) is 6.07 Å². The van der Waals surface area contributed by atoms with Crippen LogP contribution in [-0.2, 0) is 0 Å². The van der Waals surface area contributed by atoms with Gasteiger partial charge in [0.15, 0.2) is 0 Å². The van der Waals surface area contributed by atoms with Crippen LogP contribution >= 0.6 is 23.2 Å². The number of aromatic nitrogens is 1. The maximum absolute atomic E-state index is 12.6. The minimum atomic E-state index is -4.54. The lowest BCUT2D eigenvalue weighted by molar-refractivity contribution is -0.123. The Balaban J connectivity index is 1.76. The topological polar surface area (TPSA) is 71.1 Å². The molecule has 160 valence electrons. The summed E-state index contributed by atoms with van der Waals surface area (Å²) >= 11 is 12.3. The van der Waals surface area contributed by atoms with E-state index in [2.05, 4.69) is 10.3 Å². The maximum atomic E-state index is 12.6. The van der Waals surface area contributed by atoms with Gasteiger partial charge in [-0.1, -0.05) is 29.3 Å². The highest BCUT2D eigenvalue weighted by Gasteiger charge is 2.28. The lowest BCUT2D eigenvalue weighted by Gasteiger charge is -2.11. The predicted octanol–water partition coefficient (Wildman–Crippen LogP) is 5.60. The van der Waals surface area contributed by atoms with Gasteiger partial charge in [0, 0.05) is 23.0 Å². The molecule has 0 saturated heterocycles. The second kappa shape index (κ2) is 9.36. The molecule has 5 nitrogen and oxygen atoms in total. The molecule has 3 rings (SSSR count). The SMILES string of the molecule is O=C(NCC(F)(F)F)c1ccc(C(=O)Nc2ccc(Cl)c(-c3ccccn3)c2)c(Cl)c1. The van der Waals surface area contributed by atoms with Crippen molar-refractivity contribution in [2.24, 2.45) is 0 Å². The molecule has 31 heavy (non-hydrogen) atoms. The van der Waals surface area contributed by atoms with E-state index in [9.17, 15) is 22.8 Å². The van der Waals surface area contributed by atoms with Crippen molar-refractivity contribution in [1.29, 1.82) is 0 Å². The molecule has 1 heterocycles. The molecular formula is C21H14Cl2F3N3O2. The van der Waals surface area contributed by atoms with Gasteiger partial charge in [-0.2, -0.15) is 13.2 Å². The largest absolute Gasteiger partial charge is 0.405 e. The summed E-state index contributed by atoms with van der Waals surface area (Å²) in [7, 11) is 0. The summed E-state index contributed by atoms with van der Waals surface area (Å²) in [5, 5.41) is 4.77. The maximum Gasteiger partial charge on any atom is 0.405 e. The van der Waals surface area contributed by atoms with Crippen molar-refractivity contribution in [3.8, 4) is 11.3 Å². The number of amides is 2. The van der Waals surface area contributed by atoms with Gasteiger partial charge in [-0.3, -0.25) is 14.6 Å². The number of nitrogens with one attached hydrogen (secondary N) is 2. The van der Waals surface area contributed by atoms with E-state index in [1.165, 1.54) is 12.1 Å². The Hall–Kier alpha value is -3.10. The third-order valence-corrected chi connectivity index (χ3v) is 4.73. The van der Waals surface area contributed by atoms with Crippen molar-refractivity contribution >= 4 is 40.7 Å². The lowest BCUT2D eigenvalue weighted by Crippen LogP contribution is -2.33. The van der Waals surface area contributed by atoms with Gasteiger partial charge in [0.25, 0.3) is 11.8 Å². The first-order valence-corrected chi connectivity index (χ1v) is 9.56. The van der Waals surface area contributed by atoms with Crippen molar-refractivity contribution in [3.63, 3.8) is 0 Å². The summed E-state index contributed by atoms with van der Waals surface area (Å²) in [5.74, 6) is -1.52. The Kier molecular flexibility index (Phi) is 6.82. The standard InChI is InChI=1S/C21H14Cl2F3N3O2/c22-16-7-5-13(10-15(16)18-3-1-2-8-27-18)29-20(31)14-6-4-12(9-17(14)23)19(30)28-11-21(24,25)26/h1-10H,11H2,(H,28,30)(H,29,31). The lowest BCUT2D eigenvalue weighted by atomic mass is 10.1. The summed E-state index contributed by atoms with van der Waals surface area (Å²) in [6, 6.07) is 13.8. The molecule has 0 radical (unpaired) electrons. The number of benzene rings is 2. The van der Waals surface area contributed by atoms with Crippen LogP contribution in [0.4, 0.5) is 18.9 Å². The van der Waals surface area contributed by atoms with Crippen LogP contribution in [-0.4, -0.2) is 29.5 Å². The van der Waals surface area contributed by atoms with E-state index in [1.807, 2.05) is 0 Å². The zero-order valence-corrected chi connectivity index (χ0v) is 17.1. The zero-order chi connectivity index (χ0) is 22.6. The highest BCUT2D eigenvalue weighted by atomic mass is 35.5. The number of carbonyl (C=O) groups is 2. The molecule has 2 N–H and O–H groups in total. The van der Waals surface area contributed by atoms with Crippen LogP contribution in [0, 0.1) is 0 Å². The molecule has 0 unspecified atom stereocenters. The van der Waals surface area contributed by atoms with Gasteiger partial charge >= 0.3 is 6.18 Å². The van der Waals surface area contributed by atoms with Crippen LogP contribution in [0.1, 0.15) is 20.7 Å². The highest BCUT2D eigenvalue weighted by molar-refractivity contribution is 6.35. The summed E-state index contributed by atoms with van der Waals surface area (Å²) in [4.78, 5) is 28.7. The van der Waals surface area contributed by atoms with Gasteiger partial charge in [0.2, 0.25) is 0 Å². The van der Waals surface area contributed by atoms with Crippen molar-refractivity contribution in [3.05, 3.63) is 82.0 Å². The number of rotatable bonds is 5. The minimum absolute atomic E-state index is 0.0448. The molecular weight excluding hydrogens is 454 g/mol. The van der Waals surface area contributed by atoms with Crippen LogP contribution in [0.2, 0.25) is 10.0 Å². The van der Waals surface area contributed by atoms with Crippen molar-refractivity contribution in [1.82, 2.24) is 10.3 Å². The van der Waals surface area contributed by atoms with Crippen LogP contribution in [0.3, 0.4) is 0 Å². The average molecular weight is 468 g/mol. The van der Waals surface area contributed by atoms with Crippen LogP contribution in [0.5, 0.6) is 0 Å². The zero-order valence-electron chi connectivity index (χ0n) is 15.6. The van der Waals surface area contributed by atoms with Crippen LogP contribution in [0.25, 0.3) is 11.3 Å². The monoisotopic (exact) mass is 467 g/mol. The normalized spacial score (nSPS) is 11.1. The molecule has 3 aromatic rings. The molecule has 0 fully saturated rings. The molecule has 2 aromatic carbocycles. The third kappa shape index (κ3) is 5.96. The van der Waals surface area contributed by atoms with Crippen molar-refractivity contribution in [2.75, 3.05) is 11.9 Å². The van der Waals surface area contributed by atoms with E-state index in [0.29, 0.717) is 22.0 Å². The Bertz CT molecular complexity index is 1120. The molecule has 0 atom stereocenters. The smallest absolute Gasteiger partial charge is 0.343 e. The summed E-state index contributed by atoms with van der Waals surface area (Å²) in [6.07, 6.45) is -2.92. The first-order valence-electron chi connectivity index (χ1n) is 8.81. The first kappa shape index (κ1) is 22.6. The Labute approximate surface area is 185 Å². The van der Waals surface area contributed by atoms with Gasteiger partial charge in [-0.05, 0) is 48.5 Å². The second-order valence-corrected chi connectivity index (χ2v) is 7.17. The number of pyridine rings is 1. The highest BCUT2D eigenvalue weighted by Crippen LogP contribution is 2.29. The van der Waals surface area contributed by atoms with E-state index >= 15 is 0 Å². The summed E-state index contributed by atoms with van der Waals surface area (Å²) in [6.45, 7) is -1.47. The van der Waals surface area contributed by atoms with Gasteiger partial charge in [0.1, 0.15) is 6.54 Å².